The summed E-state index contributed by atoms with van der Waals surface area (Å²) in [5.41, 5.74) is 6.81. The van der Waals surface area contributed by atoms with E-state index in [-0.39, 0.29) is 11.1 Å². The van der Waals surface area contributed by atoms with Gasteiger partial charge in [0.1, 0.15) is 0 Å². The van der Waals surface area contributed by atoms with Gasteiger partial charge in [0.2, 0.25) is 0 Å². The largest absolute Gasteiger partial charge is 0.325 e. The summed E-state index contributed by atoms with van der Waals surface area (Å²) in [5, 5.41) is 0. The summed E-state index contributed by atoms with van der Waals surface area (Å²) < 4.78 is 26.1. The van der Waals surface area contributed by atoms with Gasteiger partial charge in [0.05, 0.1) is 0 Å². The maximum absolute atomic E-state index is 13.1. The number of halogens is 2. The van der Waals surface area contributed by atoms with Crippen LogP contribution in [-0.4, -0.2) is 5.54 Å². The average Bonchev–Trinajstić information content (AvgIpc) is 2.82. The molecule has 1 aliphatic rings. The lowest BCUT2D eigenvalue weighted by Crippen LogP contribution is -2.24. The van der Waals surface area contributed by atoms with Crippen LogP contribution in [-0.2, 0) is 12.3 Å². The molecule has 1 aromatic carbocycles. The van der Waals surface area contributed by atoms with E-state index in [4.69, 9.17) is 5.73 Å². The van der Waals surface area contributed by atoms with Gasteiger partial charge >= 0.3 is 0 Å². The van der Waals surface area contributed by atoms with Crippen LogP contribution in [0.5, 0.6) is 0 Å². The Labute approximate surface area is 88.3 Å². The van der Waals surface area contributed by atoms with Gasteiger partial charge in [0.15, 0.2) is 0 Å². The first kappa shape index (κ1) is 10.6. The third-order valence-corrected chi connectivity index (χ3v) is 2.88. The summed E-state index contributed by atoms with van der Waals surface area (Å²) >= 11 is 0. The molecule has 2 rings (SSSR count). The van der Waals surface area contributed by atoms with Gasteiger partial charge in [-0.1, -0.05) is 18.2 Å². The minimum absolute atomic E-state index is 0.0734. The third kappa shape index (κ3) is 2.53. The standard InChI is InChI=1S/C12H15F2N/c1-11(13,14)10-4-2-3-9(7-10)8-12(15)5-6-12/h2-4,7H,5-6,8,15H2,1H3. The molecule has 1 nitrogen and oxygen atoms in total. The Kier molecular flexibility index (Phi) is 2.30. The van der Waals surface area contributed by atoms with Gasteiger partial charge < -0.3 is 5.73 Å². The summed E-state index contributed by atoms with van der Waals surface area (Å²) in [5.74, 6) is -2.76. The monoisotopic (exact) mass is 211 g/mol. The van der Waals surface area contributed by atoms with Gasteiger partial charge in [-0.2, -0.15) is 0 Å². The van der Waals surface area contributed by atoms with Gasteiger partial charge in [-0.3, -0.25) is 0 Å². The van der Waals surface area contributed by atoms with Crippen LogP contribution in [0.25, 0.3) is 0 Å². The fraction of sp³-hybridized carbons (Fsp3) is 0.500. The molecule has 1 fully saturated rings. The second-order valence-corrected chi connectivity index (χ2v) is 4.63. The Morgan fingerprint density at radius 1 is 1.40 bits per heavy atom. The van der Waals surface area contributed by atoms with Crippen molar-refractivity contribution in [2.45, 2.75) is 37.6 Å². The maximum atomic E-state index is 13.1. The van der Waals surface area contributed by atoms with E-state index >= 15 is 0 Å². The summed E-state index contributed by atoms with van der Waals surface area (Å²) in [6.07, 6.45) is 2.70. The molecule has 0 aliphatic heterocycles. The predicted octanol–water partition coefficient (Wildman–Crippen LogP) is 2.83. The number of hydrogen-bond acceptors (Lipinski definition) is 1. The number of benzene rings is 1. The van der Waals surface area contributed by atoms with E-state index in [1.807, 2.05) is 6.07 Å². The normalized spacial score (nSPS) is 18.9. The smallest absolute Gasteiger partial charge is 0.270 e. The lowest BCUT2D eigenvalue weighted by Gasteiger charge is -2.13. The topological polar surface area (TPSA) is 26.0 Å². The van der Waals surface area contributed by atoms with E-state index in [9.17, 15) is 8.78 Å². The van der Waals surface area contributed by atoms with Crippen LogP contribution in [0.3, 0.4) is 0 Å². The van der Waals surface area contributed by atoms with Crippen LogP contribution in [0, 0.1) is 0 Å². The zero-order chi connectivity index (χ0) is 11.1. The van der Waals surface area contributed by atoms with Gasteiger partial charge in [-0.15, -0.1) is 0 Å². The summed E-state index contributed by atoms with van der Waals surface area (Å²) in [4.78, 5) is 0. The van der Waals surface area contributed by atoms with Crippen LogP contribution < -0.4 is 5.73 Å². The zero-order valence-electron chi connectivity index (χ0n) is 8.76. The third-order valence-electron chi connectivity index (χ3n) is 2.88. The Morgan fingerprint density at radius 3 is 2.60 bits per heavy atom. The van der Waals surface area contributed by atoms with Crippen molar-refractivity contribution in [3.8, 4) is 0 Å². The molecular weight excluding hydrogens is 196 g/mol. The van der Waals surface area contributed by atoms with E-state index < -0.39 is 5.92 Å². The zero-order valence-corrected chi connectivity index (χ0v) is 8.76. The molecule has 0 heterocycles. The molecule has 0 bridgehead atoms. The van der Waals surface area contributed by atoms with Gasteiger partial charge in [-0.05, 0) is 30.9 Å². The second kappa shape index (κ2) is 3.27. The molecule has 3 heteroatoms. The maximum Gasteiger partial charge on any atom is 0.270 e. The summed E-state index contributed by atoms with van der Waals surface area (Å²) in [6.45, 7) is 0.918. The SMILES string of the molecule is CC(F)(F)c1cccc(CC2(N)CC2)c1. The molecule has 82 valence electrons. The highest BCUT2D eigenvalue weighted by molar-refractivity contribution is 5.28. The Bertz CT molecular complexity index is 364. The highest BCUT2D eigenvalue weighted by atomic mass is 19.3. The molecule has 1 aromatic rings. The van der Waals surface area contributed by atoms with Crippen molar-refractivity contribution in [2.75, 3.05) is 0 Å². The number of nitrogens with two attached hydrogens (primary N) is 1. The van der Waals surface area contributed by atoms with Crippen molar-refractivity contribution in [1.29, 1.82) is 0 Å². The van der Waals surface area contributed by atoms with Crippen LogP contribution in [0.1, 0.15) is 30.9 Å². The van der Waals surface area contributed by atoms with Crippen molar-refractivity contribution >= 4 is 0 Å². The summed E-state index contributed by atoms with van der Waals surface area (Å²) in [7, 11) is 0. The minimum atomic E-state index is -2.76. The quantitative estimate of drug-likeness (QED) is 0.817. The Balaban J connectivity index is 2.19. The molecule has 2 N–H and O–H groups in total. The predicted molar refractivity (Wildman–Crippen MR) is 55.9 cm³/mol. The average molecular weight is 211 g/mol. The molecule has 1 aliphatic carbocycles. The first-order chi connectivity index (χ1) is 6.89. The van der Waals surface area contributed by atoms with Crippen molar-refractivity contribution < 1.29 is 8.78 Å². The lowest BCUT2D eigenvalue weighted by atomic mass is 10.0. The number of alkyl halides is 2. The highest BCUT2D eigenvalue weighted by Gasteiger charge is 2.38. The molecule has 15 heavy (non-hydrogen) atoms. The van der Waals surface area contributed by atoms with Crippen LogP contribution in [0.15, 0.2) is 24.3 Å². The summed E-state index contributed by atoms with van der Waals surface area (Å²) in [6, 6.07) is 6.56. The minimum Gasteiger partial charge on any atom is -0.325 e. The molecule has 0 radical (unpaired) electrons. The fourth-order valence-electron chi connectivity index (χ4n) is 1.70. The van der Waals surface area contributed by atoms with Crippen LogP contribution in [0.4, 0.5) is 8.78 Å². The second-order valence-electron chi connectivity index (χ2n) is 4.63. The molecule has 0 unspecified atom stereocenters. The highest BCUT2D eigenvalue weighted by Crippen LogP contribution is 2.36. The molecule has 0 amide bonds. The number of hydrogen-bond donors (Lipinski definition) is 1. The lowest BCUT2D eigenvalue weighted by molar-refractivity contribution is 0.0174. The Morgan fingerprint density at radius 2 is 2.07 bits per heavy atom. The fourth-order valence-corrected chi connectivity index (χ4v) is 1.70. The van der Waals surface area contributed by atoms with E-state index in [0.717, 1.165) is 25.3 Å². The van der Waals surface area contributed by atoms with E-state index in [1.54, 1.807) is 12.1 Å². The molecule has 0 saturated heterocycles. The number of rotatable bonds is 3. The molecule has 1 saturated carbocycles. The van der Waals surface area contributed by atoms with E-state index in [0.29, 0.717) is 6.42 Å². The van der Waals surface area contributed by atoms with Crippen molar-refractivity contribution in [2.24, 2.45) is 5.73 Å². The van der Waals surface area contributed by atoms with Crippen molar-refractivity contribution in [3.05, 3.63) is 35.4 Å². The molecular formula is C12H15F2N. The molecule has 0 spiro atoms. The van der Waals surface area contributed by atoms with Crippen LogP contribution in [0.2, 0.25) is 0 Å². The van der Waals surface area contributed by atoms with Crippen molar-refractivity contribution in [1.82, 2.24) is 0 Å². The van der Waals surface area contributed by atoms with Gasteiger partial charge in [-0.25, -0.2) is 8.78 Å². The first-order valence-electron chi connectivity index (χ1n) is 5.15. The first-order valence-corrected chi connectivity index (χ1v) is 5.15. The van der Waals surface area contributed by atoms with Crippen molar-refractivity contribution in [3.63, 3.8) is 0 Å². The van der Waals surface area contributed by atoms with Gasteiger partial charge in [0.25, 0.3) is 5.92 Å². The van der Waals surface area contributed by atoms with Gasteiger partial charge in [0, 0.05) is 18.0 Å². The van der Waals surface area contributed by atoms with E-state index in [1.165, 1.54) is 6.07 Å². The Hall–Kier alpha value is -0.960. The van der Waals surface area contributed by atoms with E-state index in [2.05, 4.69) is 0 Å². The molecule has 0 atom stereocenters. The van der Waals surface area contributed by atoms with Crippen LogP contribution >= 0.6 is 0 Å². The molecule has 0 aromatic heterocycles.